The maximum Gasteiger partial charge on any atom is 0.337 e. The molecule has 0 aliphatic carbocycles. The van der Waals surface area contributed by atoms with Crippen LogP contribution in [-0.4, -0.2) is 23.3 Å². The maximum absolute atomic E-state index is 11.5. The van der Waals surface area contributed by atoms with Crippen molar-refractivity contribution in [3.05, 3.63) is 71.9 Å². The number of nitrogens with zero attached hydrogens (tertiary/aromatic N) is 2. The van der Waals surface area contributed by atoms with Gasteiger partial charge in [-0.1, -0.05) is 18.2 Å². The van der Waals surface area contributed by atoms with E-state index in [2.05, 4.69) is 21.6 Å². The van der Waals surface area contributed by atoms with Crippen LogP contribution in [0.3, 0.4) is 0 Å². The minimum absolute atomic E-state index is 0.332. The van der Waals surface area contributed by atoms with Gasteiger partial charge in [-0.2, -0.15) is 5.10 Å². The van der Waals surface area contributed by atoms with E-state index in [-0.39, 0.29) is 5.97 Å². The van der Waals surface area contributed by atoms with Crippen LogP contribution in [0.15, 0.2) is 60.8 Å². The zero-order valence-corrected chi connectivity index (χ0v) is 13.5. The molecular formula is C19H17N3O2. The number of esters is 1. The number of carbonyl (C=O) groups excluding carboxylic acids is 1. The number of hydrogen-bond acceptors (Lipinski definition) is 5. The highest BCUT2D eigenvalue weighted by atomic mass is 16.5. The van der Waals surface area contributed by atoms with Crippen LogP contribution in [-0.2, 0) is 4.74 Å². The molecule has 0 bridgehead atoms. The van der Waals surface area contributed by atoms with Crippen molar-refractivity contribution in [2.75, 3.05) is 12.4 Å². The Kier molecular flexibility index (Phi) is 4.52. The number of nitrogens with one attached hydrogen (secondary N) is 1. The molecule has 0 spiro atoms. The first-order chi connectivity index (χ1) is 11.7. The molecule has 1 aromatic heterocycles. The summed E-state index contributed by atoms with van der Waals surface area (Å²) < 4.78 is 4.72. The zero-order valence-electron chi connectivity index (χ0n) is 13.5. The molecule has 0 aliphatic rings. The molecule has 3 aromatic rings. The molecule has 5 heteroatoms. The number of rotatable bonds is 4. The quantitative estimate of drug-likeness (QED) is 0.737. The summed E-state index contributed by atoms with van der Waals surface area (Å²) in [4.78, 5) is 11.5. The molecule has 3 rings (SSSR count). The number of methoxy groups -OCH3 is 1. The SMILES string of the molecule is COC(=O)c1ccc(-c2ccc(Nc3cccnn3)cc2C)cc1. The molecule has 0 saturated carbocycles. The molecule has 1 heterocycles. The summed E-state index contributed by atoms with van der Waals surface area (Å²) in [6, 6.07) is 17.2. The molecule has 0 amide bonds. The van der Waals surface area contributed by atoms with Gasteiger partial charge in [-0.05, 0) is 60.0 Å². The van der Waals surface area contributed by atoms with Gasteiger partial charge in [-0.3, -0.25) is 0 Å². The second-order valence-corrected chi connectivity index (χ2v) is 5.33. The summed E-state index contributed by atoms with van der Waals surface area (Å²) in [6.07, 6.45) is 1.64. The first kappa shape index (κ1) is 15.7. The van der Waals surface area contributed by atoms with Crippen molar-refractivity contribution in [3.63, 3.8) is 0 Å². The summed E-state index contributed by atoms with van der Waals surface area (Å²) >= 11 is 0. The molecule has 120 valence electrons. The molecule has 0 fully saturated rings. The van der Waals surface area contributed by atoms with E-state index in [4.69, 9.17) is 4.74 Å². The minimum Gasteiger partial charge on any atom is -0.465 e. The predicted octanol–water partition coefficient (Wildman–Crippen LogP) is 3.98. The number of aryl methyl sites for hydroxylation is 1. The highest BCUT2D eigenvalue weighted by Gasteiger charge is 2.07. The van der Waals surface area contributed by atoms with Crippen molar-refractivity contribution < 1.29 is 9.53 Å². The van der Waals surface area contributed by atoms with Crippen molar-refractivity contribution in [1.29, 1.82) is 0 Å². The predicted molar refractivity (Wildman–Crippen MR) is 93.3 cm³/mol. The van der Waals surface area contributed by atoms with E-state index in [9.17, 15) is 4.79 Å². The van der Waals surface area contributed by atoms with Crippen LogP contribution in [0.25, 0.3) is 11.1 Å². The Morgan fingerprint density at radius 1 is 1.08 bits per heavy atom. The van der Waals surface area contributed by atoms with Crippen molar-refractivity contribution in [2.24, 2.45) is 0 Å². The lowest BCUT2D eigenvalue weighted by Gasteiger charge is -2.10. The lowest BCUT2D eigenvalue weighted by atomic mass is 9.99. The van der Waals surface area contributed by atoms with Crippen molar-refractivity contribution in [2.45, 2.75) is 6.92 Å². The summed E-state index contributed by atoms with van der Waals surface area (Å²) in [5, 5.41) is 11.1. The third kappa shape index (κ3) is 3.41. The Hall–Kier alpha value is -3.21. The van der Waals surface area contributed by atoms with Crippen LogP contribution in [0.1, 0.15) is 15.9 Å². The van der Waals surface area contributed by atoms with E-state index in [1.54, 1.807) is 18.3 Å². The van der Waals surface area contributed by atoms with Gasteiger partial charge in [0, 0.05) is 11.9 Å². The summed E-state index contributed by atoms with van der Waals surface area (Å²) in [7, 11) is 1.38. The minimum atomic E-state index is -0.332. The Morgan fingerprint density at radius 2 is 1.88 bits per heavy atom. The van der Waals surface area contributed by atoms with Crippen molar-refractivity contribution in [1.82, 2.24) is 10.2 Å². The van der Waals surface area contributed by atoms with Crippen LogP contribution in [0.5, 0.6) is 0 Å². The molecule has 24 heavy (non-hydrogen) atoms. The van der Waals surface area contributed by atoms with Gasteiger partial charge in [0.15, 0.2) is 5.82 Å². The van der Waals surface area contributed by atoms with Crippen LogP contribution < -0.4 is 5.32 Å². The topological polar surface area (TPSA) is 64.1 Å². The second kappa shape index (κ2) is 6.91. The van der Waals surface area contributed by atoms with Crippen LogP contribution >= 0.6 is 0 Å². The molecule has 0 radical (unpaired) electrons. The summed E-state index contributed by atoms with van der Waals surface area (Å²) in [5.41, 5.74) is 4.76. The van der Waals surface area contributed by atoms with E-state index < -0.39 is 0 Å². The van der Waals surface area contributed by atoms with E-state index in [0.29, 0.717) is 11.4 Å². The molecule has 5 nitrogen and oxygen atoms in total. The molecule has 0 atom stereocenters. The molecular weight excluding hydrogens is 302 g/mol. The van der Waals surface area contributed by atoms with Gasteiger partial charge < -0.3 is 10.1 Å². The van der Waals surface area contributed by atoms with E-state index in [1.165, 1.54) is 7.11 Å². The first-order valence-electron chi connectivity index (χ1n) is 7.51. The van der Waals surface area contributed by atoms with Crippen LogP contribution in [0.2, 0.25) is 0 Å². The maximum atomic E-state index is 11.5. The second-order valence-electron chi connectivity index (χ2n) is 5.33. The van der Waals surface area contributed by atoms with E-state index in [1.807, 2.05) is 43.3 Å². The Labute approximate surface area is 140 Å². The van der Waals surface area contributed by atoms with Crippen molar-refractivity contribution >= 4 is 17.5 Å². The van der Waals surface area contributed by atoms with Crippen molar-refractivity contribution in [3.8, 4) is 11.1 Å². The highest BCUT2D eigenvalue weighted by Crippen LogP contribution is 2.27. The monoisotopic (exact) mass is 319 g/mol. The fourth-order valence-electron chi connectivity index (χ4n) is 2.49. The van der Waals surface area contributed by atoms with Gasteiger partial charge in [-0.15, -0.1) is 5.10 Å². The summed E-state index contributed by atoms with van der Waals surface area (Å²) in [6.45, 7) is 2.05. The largest absolute Gasteiger partial charge is 0.465 e. The fraction of sp³-hybridized carbons (Fsp3) is 0.105. The molecule has 0 unspecified atom stereocenters. The smallest absolute Gasteiger partial charge is 0.337 e. The standard InChI is InChI=1S/C19H17N3O2/c1-13-12-16(21-18-4-3-11-20-22-18)9-10-17(13)14-5-7-15(8-6-14)19(23)24-2/h3-12H,1-2H3,(H,21,22). The Balaban J connectivity index is 1.83. The number of anilines is 2. The van der Waals surface area contributed by atoms with Crippen LogP contribution in [0.4, 0.5) is 11.5 Å². The number of benzene rings is 2. The van der Waals surface area contributed by atoms with Gasteiger partial charge in [0.1, 0.15) is 0 Å². The first-order valence-corrected chi connectivity index (χ1v) is 7.51. The number of ether oxygens (including phenoxy) is 1. The number of carbonyl (C=O) groups is 1. The number of hydrogen-bond donors (Lipinski definition) is 1. The van der Waals surface area contributed by atoms with Gasteiger partial charge in [0.2, 0.25) is 0 Å². The average molecular weight is 319 g/mol. The third-order valence-electron chi connectivity index (χ3n) is 3.69. The molecule has 1 N–H and O–H groups in total. The molecule has 2 aromatic carbocycles. The van der Waals surface area contributed by atoms with E-state index in [0.717, 1.165) is 22.4 Å². The van der Waals surface area contributed by atoms with Crippen LogP contribution in [0, 0.1) is 6.92 Å². The van der Waals surface area contributed by atoms with E-state index >= 15 is 0 Å². The van der Waals surface area contributed by atoms with Gasteiger partial charge in [-0.25, -0.2) is 4.79 Å². The average Bonchev–Trinajstić information content (AvgIpc) is 2.62. The normalized spacial score (nSPS) is 10.2. The summed E-state index contributed by atoms with van der Waals surface area (Å²) in [5.74, 6) is 0.369. The Bertz CT molecular complexity index is 846. The lowest BCUT2D eigenvalue weighted by Crippen LogP contribution is -2.00. The number of aromatic nitrogens is 2. The highest BCUT2D eigenvalue weighted by molar-refractivity contribution is 5.90. The molecule has 0 saturated heterocycles. The van der Waals surface area contributed by atoms with Gasteiger partial charge in [0.25, 0.3) is 0 Å². The fourth-order valence-corrected chi connectivity index (χ4v) is 2.49. The van der Waals surface area contributed by atoms with Gasteiger partial charge >= 0.3 is 5.97 Å². The third-order valence-corrected chi connectivity index (χ3v) is 3.69. The van der Waals surface area contributed by atoms with Gasteiger partial charge in [0.05, 0.1) is 12.7 Å². The lowest BCUT2D eigenvalue weighted by molar-refractivity contribution is 0.0601. The Morgan fingerprint density at radius 3 is 2.50 bits per heavy atom. The molecule has 0 aliphatic heterocycles. The zero-order chi connectivity index (χ0) is 16.9.